The fourth-order valence-corrected chi connectivity index (χ4v) is 13.5. The quantitative estimate of drug-likeness (QED) is 0.0539. The summed E-state index contributed by atoms with van der Waals surface area (Å²) in [7, 11) is 0. The van der Waals surface area contributed by atoms with Crippen molar-refractivity contribution in [3.8, 4) is 0 Å². The molecule has 23 rings (SSSR count). The Kier molecular flexibility index (Phi) is 29.6. The minimum atomic E-state index is -2.26. The molecule has 102 heavy (non-hydrogen) atoms. The van der Waals surface area contributed by atoms with Gasteiger partial charge in [0.05, 0.1) is 65.6 Å². The van der Waals surface area contributed by atoms with E-state index in [2.05, 4.69) is 10.3 Å². The summed E-state index contributed by atoms with van der Waals surface area (Å²) in [4.78, 5) is 0. The number of unbranched alkanes of at least 4 members (excludes halogenated alkanes) is 4. The second-order valence-corrected chi connectivity index (χ2v) is 26.3. The zero-order chi connectivity index (χ0) is 73.7. The van der Waals surface area contributed by atoms with Crippen LogP contribution in [0.5, 0.6) is 0 Å². The molecule has 24 N–H and O–H groups in total. The van der Waals surface area contributed by atoms with E-state index in [1.807, 2.05) is 0 Å². The molecule has 590 valence electrons. The van der Waals surface area contributed by atoms with Gasteiger partial charge in [0.25, 0.3) is 0 Å². The summed E-state index contributed by atoms with van der Waals surface area (Å²) >= 11 is 0. The molecule has 0 amide bonds. The van der Waals surface area contributed by atoms with Crippen molar-refractivity contribution in [3.05, 3.63) is 11.9 Å². The molecule has 23 heterocycles. The Labute approximate surface area is 579 Å². The summed E-state index contributed by atoms with van der Waals surface area (Å²) in [6, 6.07) is 0. The van der Waals surface area contributed by atoms with Crippen molar-refractivity contribution in [1.82, 2.24) is 15.0 Å². The van der Waals surface area contributed by atoms with Gasteiger partial charge in [0, 0.05) is 13.2 Å². The highest BCUT2D eigenvalue weighted by Crippen LogP contribution is 2.40. The molecule has 1 aromatic rings. The standard InChI is InChI=1S/C58H97N3O41/c62-10-20-27(69)28(70)36(78)51(89-20)87-7-5-3-1-2-4-6-86-17-18-8-61(60-59-18)9-19-44-29(71)37(79)52(88-19)97-45-21(11-63)91-54(39(81)31(45)73)99-47-23(13-65)93-56(41(83)33(47)75)101-49-25(15-67)95-58(43(85)35(49)77)102-50-26(16-68)94-57(42(84)34(50)76)100-48-24(14-66)92-55(40(82)32(48)74)98-46-22(12-64)90-53(96-44)38(80)30(46)72/h8,19-58,62-85H,1-7,9-17H2/t19-,20-,21-,22-,23-,24-,25-,26-,27-,28+,29-,30-,31-,32-,33-,34-,35-,36+,37-,38-,39-,40-,41-,42-,43-,44-,45-,46-,47-,48-,49-,50-,51+,52-,53-,54-,55-,56-,57-,58-/m1/s1. The van der Waals surface area contributed by atoms with Gasteiger partial charge in [-0.05, 0) is 12.8 Å². The second-order valence-electron chi connectivity index (χ2n) is 26.3. The number of rotatable bonds is 20. The third kappa shape index (κ3) is 17.9. The maximum absolute atomic E-state index is 12.0. The third-order valence-corrected chi connectivity index (χ3v) is 19.4. The first kappa shape index (κ1) is 82.0. The Morgan fingerprint density at radius 1 is 0.284 bits per heavy atom. The maximum atomic E-state index is 12.0. The van der Waals surface area contributed by atoms with Crippen molar-refractivity contribution >= 4 is 0 Å². The molecule has 14 bridgehead atoms. The van der Waals surface area contributed by atoms with E-state index in [0.29, 0.717) is 19.3 Å². The number of aliphatic hydroxyl groups is 24. The Hall–Kier alpha value is -2.50. The van der Waals surface area contributed by atoms with E-state index >= 15 is 0 Å². The first-order valence-electron chi connectivity index (χ1n) is 33.5. The van der Waals surface area contributed by atoms with Gasteiger partial charge in [-0.1, -0.05) is 24.5 Å². The molecular formula is C58H97N3O41. The fourth-order valence-electron chi connectivity index (χ4n) is 13.5. The van der Waals surface area contributed by atoms with Gasteiger partial charge in [-0.15, -0.1) is 5.10 Å². The second kappa shape index (κ2) is 36.8. The molecule has 0 aromatic carbocycles. The summed E-state index contributed by atoms with van der Waals surface area (Å²) in [5.41, 5.74) is 0.256. The van der Waals surface area contributed by atoms with Crippen LogP contribution in [0.4, 0.5) is 0 Å². The third-order valence-electron chi connectivity index (χ3n) is 19.4. The van der Waals surface area contributed by atoms with Gasteiger partial charge in [0.1, 0.15) is 201 Å². The lowest BCUT2D eigenvalue weighted by Gasteiger charge is -2.50. The SMILES string of the molecule is OC[C@H]1O[C@H](OCCCCCCCOCc2cn(C[C@H]3O[C@@H]4O[C@H]5[C@H](O)[C@@H](O)[C@@H](O[C@H]6[C@H](O)[C@@H](O)[C@@H](O[C@H]7[C@H](O)[C@@H](O)[C@@H](O[C@H]8[C@H](O)[C@@H](O)[C@@H](O[C@H]9[C@H](O)[C@@H](O)[C@@H](O[C@H]%10[C@H](O)[C@@H](O)[C@@H](O[C@H]3[C@H](O)[C@H]4O)O[C@@H]%10CO)O[C@@H]9CO)O[C@@H]8CO)O[C@@H]7CO)O[C@@H]6CO)O[C@@H]5CO)nn2)[C@@H](O)[C@@H](O)[C@@H]1O. The number of hydrogen-bond donors (Lipinski definition) is 24. The molecule has 0 unspecified atom stereocenters. The molecule has 40 atom stereocenters. The fraction of sp³-hybridized carbons (Fsp3) is 0.966. The molecule has 1 aromatic heterocycles. The molecular weight excluding hydrogens is 1390 g/mol. The number of nitrogens with zero attached hydrogens (tertiary/aromatic N) is 3. The average Bonchev–Trinajstić information content (AvgIpc) is 0.815. The van der Waals surface area contributed by atoms with E-state index in [1.54, 1.807) is 0 Å². The minimum Gasteiger partial charge on any atom is -0.394 e. The summed E-state index contributed by atoms with van der Waals surface area (Å²) in [6.07, 6.45) is -73.7. The number of hydrogen-bond acceptors (Lipinski definition) is 43. The van der Waals surface area contributed by atoms with Crippen molar-refractivity contribution in [1.29, 1.82) is 0 Å². The van der Waals surface area contributed by atoms with E-state index in [1.165, 1.54) is 10.9 Å². The first-order chi connectivity index (χ1) is 48.8. The van der Waals surface area contributed by atoms with Crippen molar-refractivity contribution in [2.24, 2.45) is 0 Å². The van der Waals surface area contributed by atoms with Gasteiger partial charge < -0.3 is 203 Å². The Balaban J connectivity index is 0.864. The van der Waals surface area contributed by atoms with Crippen LogP contribution in [0.1, 0.15) is 37.8 Å². The van der Waals surface area contributed by atoms with Crippen LogP contribution in [0.25, 0.3) is 0 Å². The van der Waals surface area contributed by atoms with Gasteiger partial charge in [-0.2, -0.15) is 0 Å². The topological polar surface area (TPSA) is 673 Å². The van der Waals surface area contributed by atoms with Crippen molar-refractivity contribution in [2.75, 3.05) is 59.5 Å². The molecule has 0 radical (unpaired) electrons. The van der Waals surface area contributed by atoms with Gasteiger partial charge in [0.15, 0.2) is 50.3 Å². The minimum absolute atomic E-state index is 0.0850. The molecule has 22 aliphatic rings. The van der Waals surface area contributed by atoms with Crippen LogP contribution in [0.15, 0.2) is 6.20 Å². The van der Waals surface area contributed by atoms with E-state index in [0.717, 1.165) is 12.8 Å². The van der Waals surface area contributed by atoms with Gasteiger partial charge in [-0.25, -0.2) is 4.68 Å². The summed E-state index contributed by atoms with van der Waals surface area (Å²) < 4.78 is 99.7. The lowest BCUT2D eigenvalue weighted by atomic mass is 9.95. The Morgan fingerprint density at radius 2 is 0.559 bits per heavy atom. The zero-order valence-corrected chi connectivity index (χ0v) is 54.5. The van der Waals surface area contributed by atoms with Crippen molar-refractivity contribution < 1.29 is 203 Å². The molecule has 44 nitrogen and oxygen atoms in total. The molecule has 44 heteroatoms. The molecule has 22 saturated heterocycles. The lowest BCUT2D eigenvalue weighted by Crippen LogP contribution is -2.68. The molecule has 22 fully saturated rings. The highest BCUT2D eigenvalue weighted by Gasteiger charge is 2.60. The Bertz CT molecular complexity index is 2640. The van der Waals surface area contributed by atoms with Crippen LogP contribution >= 0.6 is 0 Å². The van der Waals surface area contributed by atoms with Crippen LogP contribution in [0, 0.1) is 0 Å². The summed E-state index contributed by atoms with van der Waals surface area (Å²) in [6.45, 7) is -7.20. The van der Waals surface area contributed by atoms with Crippen LogP contribution in [0.3, 0.4) is 0 Å². The predicted molar refractivity (Wildman–Crippen MR) is 314 cm³/mol. The summed E-state index contributed by atoms with van der Waals surface area (Å²) in [5, 5.41) is 273. The van der Waals surface area contributed by atoms with Gasteiger partial charge in [0.2, 0.25) is 0 Å². The van der Waals surface area contributed by atoms with E-state index < -0.39 is 298 Å². The van der Waals surface area contributed by atoms with Crippen LogP contribution in [-0.2, 0) is 93.7 Å². The van der Waals surface area contributed by atoms with Gasteiger partial charge >= 0.3 is 0 Å². The molecule has 22 aliphatic heterocycles. The van der Waals surface area contributed by atoms with Crippen LogP contribution in [0.2, 0.25) is 0 Å². The normalized spacial score (nSPS) is 49.3. The summed E-state index contributed by atoms with van der Waals surface area (Å²) in [5.74, 6) is 0. The van der Waals surface area contributed by atoms with E-state index in [9.17, 15) is 123 Å². The monoisotopic (exact) mass is 1490 g/mol. The number of ether oxygens (including phenoxy) is 17. The van der Waals surface area contributed by atoms with E-state index in [-0.39, 0.29) is 25.5 Å². The maximum Gasteiger partial charge on any atom is 0.187 e. The Morgan fingerprint density at radius 3 is 0.863 bits per heavy atom. The van der Waals surface area contributed by atoms with E-state index in [4.69, 9.17) is 80.5 Å². The smallest absolute Gasteiger partial charge is 0.187 e. The van der Waals surface area contributed by atoms with Gasteiger partial charge in [-0.3, -0.25) is 0 Å². The molecule has 0 spiro atoms. The highest BCUT2D eigenvalue weighted by molar-refractivity contribution is 5.03. The first-order valence-corrected chi connectivity index (χ1v) is 33.5. The van der Waals surface area contributed by atoms with Crippen LogP contribution in [-0.4, -0.2) is 443 Å². The lowest BCUT2D eigenvalue weighted by molar-refractivity contribution is -0.396. The largest absolute Gasteiger partial charge is 0.394 e. The van der Waals surface area contributed by atoms with Crippen molar-refractivity contribution in [2.45, 2.75) is 291 Å². The zero-order valence-electron chi connectivity index (χ0n) is 54.5. The number of aromatic nitrogens is 3. The predicted octanol–water partition coefficient (Wildman–Crippen LogP) is -15.6. The average molecular weight is 1490 g/mol. The van der Waals surface area contributed by atoms with Crippen LogP contribution < -0.4 is 0 Å². The molecule has 0 saturated carbocycles. The molecule has 0 aliphatic carbocycles. The number of aliphatic hydroxyl groups excluding tert-OH is 24. The highest BCUT2D eigenvalue weighted by atomic mass is 16.8. The van der Waals surface area contributed by atoms with Crippen molar-refractivity contribution in [3.63, 3.8) is 0 Å².